The van der Waals surface area contributed by atoms with Crippen LogP contribution in [0.3, 0.4) is 0 Å². The van der Waals surface area contributed by atoms with Gasteiger partial charge in [0, 0.05) is 175 Å². The summed E-state index contributed by atoms with van der Waals surface area (Å²) in [4.78, 5) is 78.1. The summed E-state index contributed by atoms with van der Waals surface area (Å²) < 4.78 is 14.6. The molecule has 9 atom stereocenters. The van der Waals surface area contributed by atoms with Gasteiger partial charge in [0.25, 0.3) is 16.7 Å². The van der Waals surface area contributed by atoms with Crippen LogP contribution in [0.15, 0.2) is 125 Å². The van der Waals surface area contributed by atoms with Crippen LogP contribution in [-0.4, -0.2) is 114 Å². The van der Waals surface area contributed by atoms with Crippen LogP contribution in [0.4, 0.5) is 17.5 Å². The summed E-state index contributed by atoms with van der Waals surface area (Å²) in [6, 6.07) is 21.2. The number of hydrogen-bond donors (Lipinski definition) is 2. The van der Waals surface area contributed by atoms with E-state index in [1.165, 1.54) is 81.6 Å². The lowest BCUT2D eigenvalue weighted by Crippen LogP contribution is -2.43. The molecule has 18 rings (SSSR count). The number of hydrogen-bond acceptors (Lipinski definition) is 14. The minimum absolute atomic E-state index is 0.0557. The predicted octanol–water partition coefficient (Wildman–Crippen LogP) is 15.9. The van der Waals surface area contributed by atoms with Gasteiger partial charge in [-0.1, -0.05) is 93.4 Å². The number of nitrogens with one attached hydrogen (secondary N) is 1. The van der Waals surface area contributed by atoms with Crippen molar-refractivity contribution in [3.05, 3.63) is 156 Å². The molecule has 3 aromatic carbocycles. The zero-order chi connectivity index (χ0) is 71.6. The molecule has 103 heavy (non-hydrogen) atoms. The topological polar surface area (TPSA) is 208 Å². The van der Waals surface area contributed by atoms with Crippen molar-refractivity contribution in [2.45, 2.75) is 173 Å². The molecule has 0 saturated carbocycles. The van der Waals surface area contributed by atoms with Gasteiger partial charge in [-0.15, -0.1) is 0 Å². The second-order valence-electron chi connectivity index (χ2n) is 31.4. The number of aliphatic hydroxyl groups is 1. The normalized spacial score (nSPS) is 22.3. The van der Waals surface area contributed by atoms with Crippen LogP contribution in [-0.2, 0) is 39.3 Å². The molecule has 6 saturated heterocycles. The van der Waals surface area contributed by atoms with Crippen molar-refractivity contribution in [3.8, 4) is 33.4 Å². The molecule has 0 aliphatic carbocycles. The minimum Gasteiger partial charge on any atom is -0.376 e. The highest BCUT2D eigenvalue weighted by molar-refractivity contribution is 6.76. The molecule has 3 unspecified atom stereocenters. The fourth-order valence-electron chi connectivity index (χ4n) is 17.9. The first-order chi connectivity index (χ1) is 49.6. The smallest absolute Gasteiger partial charge is 0.258 e. The van der Waals surface area contributed by atoms with Crippen LogP contribution >= 0.6 is 34.8 Å². The van der Waals surface area contributed by atoms with E-state index in [1.807, 2.05) is 79.5 Å². The van der Waals surface area contributed by atoms with Crippen molar-refractivity contribution >= 4 is 126 Å². The van der Waals surface area contributed by atoms with E-state index in [-0.39, 0.29) is 23.4 Å². The van der Waals surface area contributed by atoms with Crippen LogP contribution < -0.4 is 31.4 Å². The first kappa shape index (κ1) is 69.0. The van der Waals surface area contributed by atoms with Crippen LogP contribution in [0.1, 0.15) is 97.8 Å². The van der Waals surface area contributed by atoms with Gasteiger partial charge in [0.1, 0.15) is 47.5 Å². The van der Waals surface area contributed by atoms with E-state index in [0.717, 1.165) is 114 Å². The van der Waals surface area contributed by atoms with E-state index < -0.39 is 8.07 Å². The van der Waals surface area contributed by atoms with E-state index in [0.29, 0.717) is 90.8 Å². The molecule has 6 bridgehead atoms. The molecule has 2 N–H and O–H groups in total. The SMILES string of the molecule is CC1C[C@H]2CC[C@@H](C1)N2c1cnc2c(-c3ccc4c(=O)n(C)ccc4c3Cl)c[nH]c2n1.CC1C[C@H]2CC[C@@H](C1)N2c1cnc2c(-c3ccc4c(=O)n(C)ccc4c3Cl)cn(CO)c2n1.CC1C[C@H]2CC[C@@H](C1)N2c1cnc2c(-c3ccc4c(=O)n(C)ccc4c3Cl)cn(COCC[Si](C)(C)C)c2n1. The number of H-pyrrole nitrogens is 1. The molecule has 0 spiro atoms. The van der Waals surface area contributed by atoms with Gasteiger partial charge in [0.05, 0.1) is 33.7 Å². The summed E-state index contributed by atoms with van der Waals surface area (Å²) in [6.07, 6.45) is 31.4. The van der Waals surface area contributed by atoms with Gasteiger partial charge in [-0.3, -0.25) is 14.4 Å². The summed E-state index contributed by atoms with van der Waals surface area (Å²) >= 11 is 20.5. The van der Waals surface area contributed by atoms with Crippen LogP contribution in [0.25, 0.3) is 99.2 Å². The first-order valence-corrected chi connectivity index (χ1v) is 41.4. The molecule has 6 aliphatic rings. The van der Waals surface area contributed by atoms with E-state index in [4.69, 9.17) is 69.4 Å². The minimum atomic E-state index is -1.20. The van der Waals surface area contributed by atoms with Crippen molar-refractivity contribution in [3.63, 3.8) is 0 Å². The van der Waals surface area contributed by atoms with Crippen molar-refractivity contribution < 1.29 is 9.84 Å². The Labute approximate surface area is 613 Å². The van der Waals surface area contributed by atoms with Gasteiger partial charge >= 0.3 is 0 Å². The second kappa shape index (κ2) is 27.2. The number of aryl methyl sites for hydroxylation is 3. The van der Waals surface area contributed by atoms with Gasteiger partial charge in [-0.05, 0) is 137 Å². The third-order valence-electron chi connectivity index (χ3n) is 23.0. The van der Waals surface area contributed by atoms with Crippen LogP contribution in [0.5, 0.6) is 0 Å². The number of rotatable bonds is 12. The molecular formula is C79H88Cl3N15O5Si. The Morgan fingerprint density at radius 3 is 1.22 bits per heavy atom. The second-order valence-corrected chi connectivity index (χ2v) is 38.2. The Morgan fingerprint density at radius 2 is 0.835 bits per heavy atom. The maximum atomic E-state index is 12.7. The summed E-state index contributed by atoms with van der Waals surface area (Å²) in [5.41, 5.74) is 9.37. The summed E-state index contributed by atoms with van der Waals surface area (Å²) in [5.74, 6) is 5.10. The molecule has 24 heteroatoms. The highest BCUT2D eigenvalue weighted by Crippen LogP contribution is 2.47. The highest BCUT2D eigenvalue weighted by Gasteiger charge is 2.43. The molecule has 9 aromatic heterocycles. The number of benzene rings is 3. The Bertz CT molecular complexity index is 5480. The number of fused-ring (bicyclic) bond motifs is 12. The zero-order valence-corrected chi connectivity index (χ0v) is 63.1. The zero-order valence-electron chi connectivity index (χ0n) is 59.9. The Morgan fingerprint density at radius 1 is 0.476 bits per heavy atom. The van der Waals surface area contributed by atoms with E-state index in [2.05, 4.69) is 70.9 Å². The lowest BCUT2D eigenvalue weighted by Gasteiger charge is -2.38. The molecule has 534 valence electrons. The lowest BCUT2D eigenvalue weighted by molar-refractivity contribution is 0.0899. The van der Waals surface area contributed by atoms with Gasteiger partial charge in [-0.25, -0.2) is 29.9 Å². The number of aromatic nitrogens is 12. The fourth-order valence-corrected chi connectivity index (χ4v) is 19.7. The van der Waals surface area contributed by atoms with Crippen molar-refractivity contribution in [2.24, 2.45) is 38.9 Å². The summed E-state index contributed by atoms with van der Waals surface area (Å²) in [5, 5.41) is 15.7. The number of ether oxygens (including phenoxy) is 1. The van der Waals surface area contributed by atoms with Crippen LogP contribution in [0, 0.1) is 17.8 Å². The molecule has 20 nitrogen and oxygen atoms in total. The summed E-state index contributed by atoms with van der Waals surface area (Å²) in [7, 11) is 4.02. The highest BCUT2D eigenvalue weighted by atomic mass is 35.5. The average molecular weight is 1460 g/mol. The lowest BCUT2D eigenvalue weighted by atomic mass is 9.92. The van der Waals surface area contributed by atoms with Gasteiger partial charge in [-0.2, -0.15) is 0 Å². The van der Waals surface area contributed by atoms with E-state index in [1.54, 1.807) is 59.5 Å². The largest absolute Gasteiger partial charge is 0.376 e. The molecule has 6 fully saturated rings. The maximum absolute atomic E-state index is 12.7. The molecule has 6 aliphatic heterocycles. The van der Waals surface area contributed by atoms with E-state index in [9.17, 15) is 19.5 Å². The predicted molar refractivity (Wildman–Crippen MR) is 418 cm³/mol. The molecule has 0 amide bonds. The molecule has 15 heterocycles. The number of halogens is 3. The average Bonchev–Trinajstić information content (AvgIpc) is 1.66. The Kier molecular flexibility index (Phi) is 18.2. The van der Waals surface area contributed by atoms with Gasteiger partial charge < -0.3 is 52.4 Å². The standard InChI is InChI=1S/C30H38ClN5O2Si.C25H26ClN5O2.C24H24ClN5O/c1-19-14-20-6-7-21(15-19)36(20)26-16-32-28-25(17-35(29(28)33-26)18-38-12-13-39(3,4)5)22-8-9-24-23(27(22)31)10-11-34(2)30(24)37;1-14-9-15-3-4-16(10-14)31(15)21-11-27-23-20(12-30(13-32)24(23)28-21)17-5-6-19-18(22(17)26)7-8-29(2)25(19)33;1-13-9-14-3-4-15(10-13)30(14)20-12-26-22-19(11-27-23(22)28-20)16-5-6-18-17(21(16)25)7-8-29(2)24(18)31/h8-11,16-17,19-21H,6-7,12-15,18H2,1-5H3;5-8,11-12,14-16,32H,3-4,9-10,13H2,1-2H3;5-8,11-15H,3-4,9-10H2,1-2H3,(H,27,28)/t19?,20-,21+;14?,15-,16+;13?,14-,15+. The molecule has 12 aromatic rings. The number of aliphatic hydroxyl groups excluding tert-OH is 1. The Balaban J connectivity index is 0.000000120. The third-order valence-corrected chi connectivity index (χ3v) is 25.9. The monoisotopic (exact) mass is 1460 g/mol. The maximum Gasteiger partial charge on any atom is 0.258 e. The Hall–Kier alpha value is -8.44. The first-order valence-electron chi connectivity index (χ1n) is 36.5. The number of nitrogens with zero attached hydrogens (tertiary/aromatic N) is 14. The molecular weight excluding hydrogens is 1370 g/mol. The summed E-state index contributed by atoms with van der Waals surface area (Å²) in [6.45, 7) is 15.1. The third kappa shape index (κ3) is 12.5. The number of aromatic amines is 1. The van der Waals surface area contributed by atoms with Crippen molar-refractivity contribution in [1.29, 1.82) is 0 Å². The number of pyridine rings is 3. The van der Waals surface area contributed by atoms with Gasteiger partial charge in [0.15, 0.2) is 16.9 Å². The van der Waals surface area contributed by atoms with E-state index >= 15 is 0 Å². The van der Waals surface area contributed by atoms with Crippen molar-refractivity contribution in [2.75, 3.05) is 21.3 Å². The molecule has 0 radical (unpaired) electrons. The van der Waals surface area contributed by atoms with Crippen molar-refractivity contribution in [1.82, 2.24) is 57.7 Å². The fraction of sp³-hybridized carbons (Fsp3) is 0.430. The van der Waals surface area contributed by atoms with Gasteiger partial charge in [0.2, 0.25) is 0 Å². The number of anilines is 3. The van der Waals surface area contributed by atoms with Crippen LogP contribution in [0.2, 0.25) is 40.8 Å². The quantitative estimate of drug-likeness (QED) is 0.0862. The number of piperidine rings is 3.